The number of amides is 1. The molecule has 0 fully saturated rings. The minimum absolute atomic E-state index is 0.0253. The fourth-order valence-electron chi connectivity index (χ4n) is 3.85. The fourth-order valence-corrected chi connectivity index (χ4v) is 3.85. The van der Waals surface area contributed by atoms with Gasteiger partial charge in [-0.2, -0.15) is 0 Å². The molecule has 0 unspecified atom stereocenters. The Bertz CT molecular complexity index is 379. The van der Waals surface area contributed by atoms with Crippen LogP contribution in [0.3, 0.4) is 0 Å². The van der Waals surface area contributed by atoms with Crippen molar-refractivity contribution >= 4 is 5.91 Å². The lowest BCUT2D eigenvalue weighted by atomic mass is 10.0. The predicted molar refractivity (Wildman–Crippen MR) is 125 cm³/mol. The lowest BCUT2D eigenvalue weighted by Gasteiger charge is -2.30. The zero-order chi connectivity index (χ0) is 21.1. The average molecular weight is 396 g/mol. The number of likely N-dealkylation sites (N-methyl/N-ethyl adjacent to an activating group) is 1. The highest BCUT2D eigenvalue weighted by atomic mass is 16.2. The zero-order valence-electron chi connectivity index (χ0n) is 19.8. The maximum atomic E-state index is 11.5. The Kier molecular flexibility index (Phi) is 17.7. The van der Waals surface area contributed by atoms with Crippen LogP contribution in [0, 0.1) is 0 Å². The highest BCUT2D eigenvalue weighted by Gasteiger charge is 2.15. The molecular formula is C25H51N2O+. The molecule has 0 aromatic rings. The molecule has 0 saturated heterocycles. The number of carbonyl (C=O) groups is 1. The van der Waals surface area contributed by atoms with E-state index < -0.39 is 0 Å². The third kappa shape index (κ3) is 17.3. The van der Waals surface area contributed by atoms with Crippen LogP contribution in [0.25, 0.3) is 0 Å². The molecular weight excluding hydrogens is 344 g/mol. The van der Waals surface area contributed by atoms with Crippen LogP contribution in [0.5, 0.6) is 0 Å². The number of rotatable bonds is 20. The molecule has 0 aliphatic carbocycles. The van der Waals surface area contributed by atoms with Crippen LogP contribution in [0.1, 0.15) is 103 Å². The number of nitrogens with zero attached hydrogens (tertiary/aromatic N) is 2. The summed E-state index contributed by atoms with van der Waals surface area (Å²) in [6.07, 6.45) is 22.3. The molecule has 3 nitrogen and oxygen atoms in total. The smallest absolute Gasteiger partial charge is 0.245 e. The Hall–Kier alpha value is -0.830. The summed E-state index contributed by atoms with van der Waals surface area (Å²) in [5.74, 6) is 0.0253. The Morgan fingerprint density at radius 3 is 1.57 bits per heavy atom. The van der Waals surface area contributed by atoms with Crippen molar-refractivity contribution in [1.82, 2.24) is 4.90 Å². The van der Waals surface area contributed by atoms with Crippen molar-refractivity contribution < 1.29 is 9.28 Å². The van der Waals surface area contributed by atoms with Crippen LogP contribution >= 0.6 is 0 Å². The topological polar surface area (TPSA) is 20.3 Å². The fraction of sp³-hybridized carbons (Fsp3) is 0.880. The average Bonchev–Trinajstić information content (AvgIpc) is 2.67. The molecule has 166 valence electrons. The first-order valence-electron chi connectivity index (χ1n) is 12.1. The number of unbranched alkanes of at least 4 members (excludes halogenated alkanes) is 13. The van der Waals surface area contributed by atoms with Crippen molar-refractivity contribution in [1.29, 1.82) is 0 Å². The number of quaternary nitrogens is 1. The van der Waals surface area contributed by atoms with Crippen LogP contribution in [0.4, 0.5) is 0 Å². The Labute approximate surface area is 177 Å². The second kappa shape index (κ2) is 18.2. The van der Waals surface area contributed by atoms with E-state index in [0.717, 1.165) is 24.0 Å². The van der Waals surface area contributed by atoms with Gasteiger partial charge in [-0.15, -0.1) is 0 Å². The lowest BCUT2D eigenvalue weighted by Crippen LogP contribution is -2.42. The quantitative estimate of drug-likeness (QED) is 0.129. The highest BCUT2D eigenvalue weighted by Crippen LogP contribution is 2.13. The zero-order valence-corrected chi connectivity index (χ0v) is 19.8. The summed E-state index contributed by atoms with van der Waals surface area (Å²) in [5.41, 5.74) is 0. The molecule has 0 N–H and O–H groups in total. The van der Waals surface area contributed by atoms with Gasteiger partial charge in [0.1, 0.15) is 0 Å². The highest BCUT2D eigenvalue weighted by molar-refractivity contribution is 5.86. The predicted octanol–water partition coefficient (Wildman–Crippen LogP) is 6.58. The van der Waals surface area contributed by atoms with E-state index in [1.54, 1.807) is 4.90 Å². The van der Waals surface area contributed by atoms with Gasteiger partial charge in [-0.1, -0.05) is 90.6 Å². The van der Waals surface area contributed by atoms with Crippen molar-refractivity contribution in [2.75, 3.05) is 40.8 Å². The number of carbonyl (C=O) groups excluding carboxylic acids is 1. The molecule has 0 radical (unpaired) electrons. The maximum absolute atomic E-state index is 11.5. The van der Waals surface area contributed by atoms with Gasteiger partial charge in [-0.25, -0.2) is 0 Å². The van der Waals surface area contributed by atoms with Gasteiger partial charge in [0, 0.05) is 20.0 Å². The second-order valence-electron chi connectivity index (χ2n) is 9.30. The van der Waals surface area contributed by atoms with Gasteiger partial charge >= 0.3 is 0 Å². The molecule has 0 bridgehead atoms. The first kappa shape index (κ1) is 27.2. The van der Waals surface area contributed by atoms with Gasteiger partial charge in [0.05, 0.1) is 27.2 Å². The summed E-state index contributed by atoms with van der Waals surface area (Å²) < 4.78 is 1.06. The van der Waals surface area contributed by atoms with Gasteiger partial charge < -0.3 is 9.38 Å². The summed E-state index contributed by atoms with van der Waals surface area (Å²) in [4.78, 5) is 13.3. The van der Waals surface area contributed by atoms with E-state index in [0.29, 0.717) is 0 Å². The summed E-state index contributed by atoms with van der Waals surface area (Å²) in [6, 6.07) is 0. The van der Waals surface area contributed by atoms with Crippen LogP contribution in [0.2, 0.25) is 0 Å². The van der Waals surface area contributed by atoms with Gasteiger partial charge in [-0.3, -0.25) is 4.79 Å². The van der Waals surface area contributed by atoms with E-state index in [2.05, 4.69) is 27.6 Å². The van der Waals surface area contributed by atoms with Gasteiger partial charge in [0.15, 0.2) is 0 Å². The first-order valence-corrected chi connectivity index (χ1v) is 12.1. The second-order valence-corrected chi connectivity index (χ2v) is 9.30. The van der Waals surface area contributed by atoms with Crippen molar-refractivity contribution in [3.63, 3.8) is 0 Å². The Morgan fingerprint density at radius 2 is 1.14 bits per heavy atom. The molecule has 0 atom stereocenters. The molecule has 3 heteroatoms. The Morgan fingerprint density at radius 1 is 0.750 bits per heavy atom. The SMILES string of the molecule is C=CC(=O)N(C)CCC[N+](C)(C)CCCCCCCCCCCCCCCC. The molecule has 0 rings (SSSR count). The minimum Gasteiger partial charge on any atom is -0.342 e. The monoisotopic (exact) mass is 395 g/mol. The normalized spacial score (nSPS) is 11.6. The van der Waals surface area contributed by atoms with Crippen LogP contribution in [-0.4, -0.2) is 56.1 Å². The van der Waals surface area contributed by atoms with Crippen LogP contribution in [0.15, 0.2) is 12.7 Å². The third-order valence-corrected chi connectivity index (χ3v) is 5.92. The molecule has 0 heterocycles. The lowest BCUT2D eigenvalue weighted by molar-refractivity contribution is -0.890. The van der Waals surface area contributed by atoms with Gasteiger partial charge in [0.2, 0.25) is 5.91 Å². The van der Waals surface area contributed by atoms with Crippen molar-refractivity contribution in [3.05, 3.63) is 12.7 Å². The van der Waals surface area contributed by atoms with E-state index >= 15 is 0 Å². The summed E-state index contributed by atoms with van der Waals surface area (Å²) in [5, 5.41) is 0. The molecule has 0 spiro atoms. The van der Waals surface area contributed by atoms with Crippen molar-refractivity contribution in [2.24, 2.45) is 0 Å². The van der Waals surface area contributed by atoms with E-state index in [-0.39, 0.29) is 5.91 Å². The molecule has 28 heavy (non-hydrogen) atoms. The minimum atomic E-state index is 0.0253. The summed E-state index contributed by atoms with van der Waals surface area (Å²) in [7, 11) is 6.49. The standard InChI is InChI=1S/C25H51N2O/c1-6-8-9-10-11-12-13-14-15-16-17-18-19-20-23-27(4,5)24-21-22-26(3)25(28)7-2/h7H,2,6,8-24H2,1,3-5H3/q+1. The molecule has 0 saturated carbocycles. The van der Waals surface area contributed by atoms with Crippen molar-refractivity contribution in [2.45, 2.75) is 103 Å². The molecule has 0 aliphatic heterocycles. The summed E-state index contributed by atoms with van der Waals surface area (Å²) in [6.45, 7) is 9.04. The molecule has 0 aliphatic rings. The van der Waals surface area contributed by atoms with Crippen LogP contribution < -0.4 is 0 Å². The maximum Gasteiger partial charge on any atom is 0.245 e. The largest absolute Gasteiger partial charge is 0.342 e. The molecule has 0 aromatic heterocycles. The van der Waals surface area contributed by atoms with E-state index in [1.807, 2.05) is 7.05 Å². The third-order valence-electron chi connectivity index (χ3n) is 5.92. The van der Waals surface area contributed by atoms with E-state index in [4.69, 9.17) is 0 Å². The van der Waals surface area contributed by atoms with E-state index in [1.165, 1.54) is 103 Å². The Balaban J connectivity index is 3.42. The number of hydrogen-bond donors (Lipinski definition) is 0. The van der Waals surface area contributed by atoms with Crippen LogP contribution in [-0.2, 0) is 4.79 Å². The van der Waals surface area contributed by atoms with Crippen molar-refractivity contribution in [3.8, 4) is 0 Å². The molecule has 1 amide bonds. The van der Waals surface area contributed by atoms with Gasteiger partial charge in [0.25, 0.3) is 0 Å². The van der Waals surface area contributed by atoms with Gasteiger partial charge in [-0.05, 0) is 18.9 Å². The van der Waals surface area contributed by atoms with E-state index in [9.17, 15) is 4.79 Å². The molecule has 0 aromatic carbocycles. The number of hydrogen-bond acceptors (Lipinski definition) is 1. The first-order chi connectivity index (χ1) is 13.4. The summed E-state index contributed by atoms with van der Waals surface area (Å²) >= 11 is 0.